The molecule has 1 aromatic heterocycles. The Kier molecular flexibility index (Phi) is 3.33. The molecule has 0 unspecified atom stereocenters. The van der Waals surface area contributed by atoms with Crippen LogP contribution in [0.15, 0.2) is 58.2 Å². The first-order valence-corrected chi connectivity index (χ1v) is 8.16. The summed E-state index contributed by atoms with van der Waals surface area (Å²) in [6.45, 7) is 3.40. The van der Waals surface area contributed by atoms with Gasteiger partial charge < -0.3 is 0 Å². The molecule has 2 aromatic carbocycles. The molecule has 0 saturated heterocycles. The van der Waals surface area contributed by atoms with Crippen molar-refractivity contribution in [3.8, 4) is 0 Å². The van der Waals surface area contributed by atoms with Gasteiger partial charge in [0.2, 0.25) is 0 Å². The topological polar surface area (TPSA) is 69.0 Å². The summed E-state index contributed by atoms with van der Waals surface area (Å²) in [6, 6.07) is 13.0. The molecule has 0 N–H and O–H groups in total. The van der Waals surface area contributed by atoms with Crippen molar-refractivity contribution in [3.63, 3.8) is 0 Å². The zero-order valence-electron chi connectivity index (χ0n) is 12.1. The standard InChI is InChI=1S/C16H14N2O3S/c1-11-8-9-15-14(10-11)17-12(2)16(19)18(15)22(20,21)13-6-4-3-5-7-13/h3-10H,1-2H3. The molecule has 22 heavy (non-hydrogen) atoms. The highest BCUT2D eigenvalue weighted by Gasteiger charge is 2.22. The third-order valence-electron chi connectivity index (χ3n) is 3.41. The van der Waals surface area contributed by atoms with Crippen molar-refractivity contribution in [1.82, 2.24) is 8.96 Å². The molecule has 3 aromatic rings. The zero-order valence-corrected chi connectivity index (χ0v) is 13.0. The Balaban J connectivity index is 2.45. The lowest BCUT2D eigenvalue weighted by Gasteiger charge is -2.12. The number of fused-ring (bicyclic) bond motifs is 1. The Hall–Kier alpha value is -2.47. The van der Waals surface area contributed by atoms with Crippen molar-refractivity contribution in [2.24, 2.45) is 0 Å². The summed E-state index contributed by atoms with van der Waals surface area (Å²) in [7, 11) is -3.97. The number of aromatic nitrogens is 2. The van der Waals surface area contributed by atoms with Gasteiger partial charge in [-0.3, -0.25) is 4.79 Å². The number of benzene rings is 2. The van der Waals surface area contributed by atoms with E-state index in [0.29, 0.717) is 5.52 Å². The Morgan fingerprint density at radius 1 is 1.00 bits per heavy atom. The number of rotatable bonds is 2. The minimum atomic E-state index is -3.97. The summed E-state index contributed by atoms with van der Waals surface area (Å²) < 4.78 is 26.5. The fraction of sp³-hybridized carbons (Fsp3) is 0.125. The average Bonchev–Trinajstić information content (AvgIpc) is 2.49. The minimum absolute atomic E-state index is 0.0737. The Labute approximate surface area is 127 Å². The highest BCUT2D eigenvalue weighted by atomic mass is 32.2. The molecule has 0 bridgehead atoms. The summed E-state index contributed by atoms with van der Waals surface area (Å²) in [5, 5.41) is 0. The van der Waals surface area contributed by atoms with Gasteiger partial charge in [-0.05, 0) is 43.7 Å². The molecule has 0 saturated carbocycles. The molecule has 0 aliphatic rings. The number of hydrogen-bond acceptors (Lipinski definition) is 4. The van der Waals surface area contributed by atoms with Gasteiger partial charge in [0, 0.05) is 0 Å². The molecule has 0 aliphatic heterocycles. The Bertz CT molecular complexity index is 1020. The van der Waals surface area contributed by atoms with Gasteiger partial charge in [-0.2, -0.15) is 3.97 Å². The summed E-state index contributed by atoms with van der Waals surface area (Å²) >= 11 is 0. The van der Waals surface area contributed by atoms with Crippen LogP contribution in [-0.4, -0.2) is 17.4 Å². The molecule has 5 nitrogen and oxygen atoms in total. The third kappa shape index (κ3) is 2.21. The van der Waals surface area contributed by atoms with Crippen molar-refractivity contribution in [2.45, 2.75) is 18.7 Å². The van der Waals surface area contributed by atoms with E-state index in [4.69, 9.17) is 0 Å². The van der Waals surface area contributed by atoms with Crippen LogP contribution in [0.25, 0.3) is 11.0 Å². The van der Waals surface area contributed by atoms with Crippen molar-refractivity contribution < 1.29 is 8.42 Å². The van der Waals surface area contributed by atoms with Crippen LogP contribution in [0.2, 0.25) is 0 Å². The van der Waals surface area contributed by atoms with E-state index in [9.17, 15) is 13.2 Å². The quantitative estimate of drug-likeness (QED) is 0.727. The first kappa shape index (κ1) is 14.5. The molecule has 0 radical (unpaired) electrons. The smallest absolute Gasteiger partial charge is 0.266 e. The second kappa shape index (κ2) is 5.06. The summed E-state index contributed by atoms with van der Waals surface area (Å²) in [4.78, 5) is 16.7. The van der Waals surface area contributed by atoms with Gasteiger partial charge in [0.05, 0.1) is 15.9 Å². The zero-order chi connectivity index (χ0) is 15.9. The van der Waals surface area contributed by atoms with E-state index in [2.05, 4.69) is 4.98 Å². The van der Waals surface area contributed by atoms with Crippen LogP contribution in [0.4, 0.5) is 0 Å². The van der Waals surface area contributed by atoms with Gasteiger partial charge in [0.1, 0.15) is 5.69 Å². The van der Waals surface area contributed by atoms with Gasteiger partial charge in [0.15, 0.2) is 0 Å². The van der Waals surface area contributed by atoms with Crippen LogP contribution in [0.1, 0.15) is 11.3 Å². The van der Waals surface area contributed by atoms with Crippen LogP contribution in [0.5, 0.6) is 0 Å². The lowest BCUT2D eigenvalue weighted by atomic mass is 10.2. The average molecular weight is 314 g/mol. The van der Waals surface area contributed by atoms with Gasteiger partial charge in [-0.1, -0.05) is 24.3 Å². The molecule has 112 valence electrons. The minimum Gasteiger partial charge on any atom is -0.266 e. The largest absolute Gasteiger partial charge is 0.286 e. The van der Waals surface area contributed by atoms with Gasteiger partial charge in [-0.25, -0.2) is 13.4 Å². The van der Waals surface area contributed by atoms with Crippen molar-refractivity contribution in [2.75, 3.05) is 0 Å². The monoisotopic (exact) mass is 314 g/mol. The Morgan fingerprint density at radius 2 is 1.68 bits per heavy atom. The normalized spacial score (nSPS) is 11.7. The maximum Gasteiger partial charge on any atom is 0.286 e. The summed E-state index contributed by atoms with van der Waals surface area (Å²) in [5.74, 6) is 0. The van der Waals surface area contributed by atoms with E-state index < -0.39 is 15.6 Å². The lowest BCUT2D eigenvalue weighted by Crippen LogP contribution is -2.30. The van der Waals surface area contributed by atoms with Gasteiger partial charge in [0.25, 0.3) is 15.6 Å². The number of hydrogen-bond donors (Lipinski definition) is 0. The summed E-state index contributed by atoms with van der Waals surface area (Å²) in [6.07, 6.45) is 0. The molecule has 6 heteroatoms. The molecule has 0 amide bonds. The van der Waals surface area contributed by atoms with Crippen molar-refractivity contribution in [1.29, 1.82) is 0 Å². The van der Waals surface area contributed by atoms with Crippen LogP contribution >= 0.6 is 0 Å². The second-order valence-corrected chi connectivity index (χ2v) is 6.86. The Morgan fingerprint density at radius 3 is 2.36 bits per heavy atom. The number of aryl methyl sites for hydroxylation is 2. The fourth-order valence-corrected chi connectivity index (χ4v) is 3.79. The molecule has 0 fully saturated rings. The summed E-state index contributed by atoms with van der Waals surface area (Å²) in [5.41, 5.74) is 1.24. The molecule has 1 heterocycles. The third-order valence-corrected chi connectivity index (χ3v) is 5.12. The maximum atomic E-state index is 12.8. The molecule has 0 atom stereocenters. The van der Waals surface area contributed by atoms with Gasteiger partial charge >= 0.3 is 0 Å². The van der Waals surface area contributed by atoms with E-state index in [1.807, 2.05) is 6.92 Å². The van der Waals surface area contributed by atoms with Gasteiger partial charge in [-0.15, -0.1) is 0 Å². The predicted octanol–water partition coefficient (Wildman–Crippen LogP) is 2.25. The highest BCUT2D eigenvalue weighted by molar-refractivity contribution is 7.90. The van der Waals surface area contributed by atoms with Crippen molar-refractivity contribution >= 4 is 21.1 Å². The first-order chi connectivity index (χ1) is 10.4. The van der Waals surface area contributed by atoms with Crippen LogP contribution < -0.4 is 5.56 Å². The molecular formula is C16H14N2O3S. The van der Waals surface area contributed by atoms with E-state index in [1.165, 1.54) is 19.1 Å². The van der Waals surface area contributed by atoms with Crippen LogP contribution in [-0.2, 0) is 10.0 Å². The van der Waals surface area contributed by atoms with E-state index in [-0.39, 0.29) is 16.1 Å². The molecule has 3 rings (SSSR count). The molecule has 0 aliphatic carbocycles. The van der Waals surface area contributed by atoms with Crippen molar-refractivity contribution in [3.05, 3.63) is 70.1 Å². The fourth-order valence-electron chi connectivity index (χ4n) is 2.32. The predicted molar refractivity (Wildman–Crippen MR) is 84.5 cm³/mol. The molecular weight excluding hydrogens is 300 g/mol. The van der Waals surface area contributed by atoms with E-state index in [1.54, 1.807) is 36.4 Å². The van der Waals surface area contributed by atoms with Crippen LogP contribution in [0, 0.1) is 13.8 Å². The SMILES string of the molecule is Cc1ccc2c(c1)nc(C)c(=O)n2S(=O)(=O)c1ccccc1. The number of nitrogens with zero attached hydrogens (tertiary/aromatic N) is 2. The molecule has 0 spiro atoms. The van der Waals surface area contributed by atoms with E-state index >= 15 is 0 Å². The first-order valence-electron chi connectivity index (χ1n) is 6.72. The van der Waals surface area contributed by atoms with Crippen LogP contribution in [0.3, 0.4) is 0 Å². The highest BCUT2D eigenvalue weighted by Crippen LogP contribution is 2.18. The maximum absolute atomic E-state index is 12.8. The van der Waals surface area contributed by atoms with E-state index in [0.717, 1.165) is 9.54 Å². The lowest BCUT2D eigenvalue weighted by molar-refractivity contribution is 0.586. The second-order valence-electron chi connectivity index (χ2n) is 5.08.